The van der Waals surface area contributed by atoms with Crippen LogP contribution in [0.5, 0.6) is 0 Å². The van der Waals surface area contributed by atoms with Gasteiger partial charge in [-0.25, -0.2) is 18.1 Å². The van der Waals surface area contributed by atoms with E-state index in [9.17, 15) is 8.42 Å². The van der Waals surface area contributed by atoms with Crippen molar-refractivity contribution in [3.63, 3.8) is 0 Å². The summed E-state index contributed by atoms with van der Waals surface area (Å²) in [4.78, 5) is 4.33. The first-order chi connectivity index (χ1) is 9.01. The Morgan fingerprint density at radius 1 is 1.47 bits per heavy atom. The minimum atomic E-state index is -3.45. The van der Waals surface area contributed by atoms with Gasteiger partial charge in [0.1, 0.15) is 5.82 Å². The Balaban J connectivity index is 2.08. The molecule has 0 spiro atoms. The second-order valence-corrected chi connectivity index (χ2v) is 7.66. The van der Waals surface area contributed by atoms with Gasteiger partial charge in [0.2, 0.25) is 10.0 Å². The van der Waals surface area contributed by atoms with E-state index in [1.165, 1.54) is 12.3 Å². The van der Waals surface area contributed by atoms with Crippen molar-refractivity contribution in [1.82, 2.24) is 9.71 Å². The van der Waals surface area contributed by atoms with Gasteiger partial charge in [0.25, 0.3) is 0 Å². The second-order valence-electron chi connectivity index (χ2n) is 4.62. The predicted molar refractivity (Wildman–Crippen MR) is 79.1 cm³/mol. The van der Waals surface area contributed by atoms with Crippen molar-refractivity contribution in [3.8, 4) is 0 Å². The number of rotatable bonds is 7. The van der Waals surface area contributed by atoms with E-state index in [4.69, 9.17) is 0 Å². The molecule has 1 saturated carbocycles. The maximum Gasteiger partial charge on any atom is 0.240 e. The zero-order valence-corrected chi connectivity index (χ0v) is 12.8. The van der Waals surface area contributed by atoms with Crippen LogP contribution in [0.15, 0.2) is 23.2 Å². The highest BCUT2D eigenvalue weighted by atomic mass is 32.2. The summed E-state index contributed by atoms with van der Waals surface area (Å²) in [5, 5.41) is 3.01. The molecule has 5 nitrogen and oxygen atoms in total. The SMILES string of the molecule is CCNc1cc(S(=O)(=O)NCC2(SC)CC2)ccn1. The van der Waals surface area contributed by atoms with E-state index < -0.39 is 10.0 Å². The Hall–Kier alpha value is -0.790. The van der Waals surface area contributed by atoms with Crippen molar-refractivity contribution in [2.45, 2.75) is 29.4 Å². The third-order valence-electron chi connectivity index (χ3n) is 3.22. The number of hydrogen-bond donors (Lipinski definition) is 2. The van der Waals surface area contributed by atoms with Crippen molar-refractivity contribution < 1.29 is 8.42 Å². The fraction of sp³-hybridized carbons (Fsp3) is 0.583. The molecule has 106 valence electrons. The Labute approximate surface area is 118 Å². The van der Waals surface area contributed by atoms with Gasteiger partial charge in [-0.1, -0.05) is 0 Å². The fourth-order valence-electron chi connectivity index (χ4n) is 1.76. The molecule has 1 aromatic rings. The molecule has 1 aromatic heterocycles. The average molecular weight is 301 g/mol. The number of nitrogens with one attached hydrogen (secondary N) is 2. The molecular formula is C12H19N3O2S2. The minimum absolute atomic E-state index is 0.116. The Bertz CT molecular complexity index is 542. The molecule has 0 saturated heterocycles. The van der Waals surface area contributed by atoms with Gasteiger partial charge >= 0.3 is 0 Å². The largest absolute Gasteiger partial charge is 0.370 e. The molecule has 1 aliphatic rings. The standard InChI is InChI=1S/C12H19N3O2S2/c1-3-13-11-8-10(4-7-14-11)19(16,17)15-9-12(18-2)5-6-12/h4,7-8,15H,3,5-6,9H2,1-2H3,(H,13,14). The van der Waals surface area contributed by atoms with Crippen molar-refractivity contribution in [3.05, 3.63) is 18.3 Å². The van der Waals surface area contributed by atoms with Crippen LogP contribution in [-0.4, -0.2) is 37.5 Å². The molecule has 7 heteroatoms. The lowest BCUT2D eigenvalue weighted by Gasteiger charge is -2.13. The van der Waals surface area contributed by atoms with E-state index in [2.05, 4.69) is 15.0 Å². The first-order valence-corrected chi connectivity index (χ1v) is 8.97. The molecular weight excluding hydrogens is 282 g/mol. The molecule has 0 atom stereocenters. The quantitative estimate of drug-likeness (QED) is 0.802. The van der Waals surface area contributed by atoms with Gasteiger partial charge in [0, 0.05) is 30.1 Å². The van der Waals surface area contributed by atoms with Crippen molar-refractivity contribution in [2.75, 3.05) is 24.7 Å². The van der Waals surface area contributed by atoms with Gasteiger partial charge in [-0.15, -0.1) is 0 Å². The first kappa shape index (κ1) is 14.6. The highest BCUT2D eigenvalue weighted by molar-refractivity contribution is 8.00. The van der Waals surface area contributed by atoms with E-state index in [1.54, 1.807) is 17.8 Å². The van der Waals surface area contributed by atoms with Gasteiger partial charge in [-0.3, -0.25) is 0 Å². The fourth-order valence-corrected chi connectivity index (χ4v) is 3.72. The first-order valence-electron chi connectivity index (χ1n) is 6.26. The molecule has 0 amide bonds. The Morgan fingerprint density at radius 3 is 2.79 bits per heavy atom. The molecule has 1 aliphatic carbocycles. The van der Waals surface area contributed by atoms with Crippen LogP contribution < -0.4 is 10.0 Å². The zero-order valence-electron chi connectivity index (χ0n) is 11.1. The normalized spacial score (nSPS) is 17.2. The Kier molecular flexibility index (Phi) is 4.37. The summed E-state index contributed by atoms with van der Waals surface area (Å²) in [5.74, 6) is 0.580. The van der Waals surface area contributed by atoms with Crippen LogP contribution in [0.25, 0.3) is 0 Å². The summed E-state index contributed by atoms with van der Waals surface area (Å²) in [7, 11) is -3.45. The summed E-state index contributed by atoms with van der Waals surface area (Å²) in [6, 6.07) is 3.08. The number of sulfonamides is 1. The van der Waals surface area contributed by atoms with Crippen LogP contribution in [0.4, 0.5) is 5.82 Å². The summed E-state index contributed by atoms with van der Waals surface area (Å²) in [6.07, 6.45) is 5.69. The van der Waals surface area contributed by atoms with Crippen molar-refractivity contribution in [2.24, 2.45) is 0 Å². The van der Waals surface area contributed by atoms with E-state index in [1.807, 2.05) is 13.2 Å². The molecule has 0 radical (unpaired) electrons. The topological polar surface area (TPSA) is 71.1 Å². The maximum absolute atomic E-state index is 12.2. The summed E-state index contributed by atoms with van der Waals surface area (Å²) in [5.41, 5.74) is 0. The molecule has 2 rings (SSSR count). The molecule has 19 heavy (non-hydrogen) atoms. The van der Waals surface area contributed by atoms with Gasteiger partial charge < -0.3 is 5.32 Å². The monoisotopic (exact) mass is 301 g/mol. The minimum Gasteiger partial charge on any atom is -0.370 e. The summed E-state index contributed by atoms with van der Waals surface area (Å²) in [6.45, 7) is 3.14. The van der Waals surface area contributed by atoms with Crippen LogP contribution in [0, 0.1) is 0 Å². The summed E-state index contributed by atoms with van der Waals surface area (Å²) < 4.78 is 27.2. The lowest BCUT2D eigenvalue weighted by Crippen LogP contribution is -2.31. The zero-order chi connectivity index (χ0) is 13.9. The van der Waals surface area contributed by atoms with E-state index >= 15 is 0 Å². The number of thioether (sulfide) groups is 1. The maximum atomic E-state index is 12.2. The molecule has 0 unspecified atom stereocenters. The second kappa shape index (κ2) is 5.68. The third-order valence-corrected chi connectivity index (χ3v) is 6.04. The number of anilines is 1. The number of pyridine rings is 1. The third kappa shape index (κ3) is 3.61. The molecule has 2 N–H and O–H groups in total. The molecule has 0 bridgehead atoms. The number of hydrogen-bond acceptors (Lipinski definition) is 5. The molecule has 0 aromatic carbocycles. The van der Waals surface area contributed by atoms with Crippen LogP contribution in [0.3, 0.4) is 0 Å². The van der Waals surface area contributed by atoms with Crippen LogP contribution in [-0.2, 0) is 10.0 Å². The van der Waals surface area contributed by atoms with Gasteiger partial charge in [-0.05, 0) is 32.1 Å². The van der Waals surface area contributed by atoms with Crippen molar-refractivity contribution >= 4 is 27.6 Å². The highest BCUT2D eigenvalue weighted by Gasteiger charge is 2.42. The molecule has 1 fully saturated rings. The predicted octanol–water partition coefficient (Wildman–Crippen LogP) is 1.69. The van der Waals surface area contributed by atoms with E-state index in [-0.39, 0.29) is 9.64 Å². The van der Waals surface area contributed by atoms with Crippen LogP contribution in [0.1, 0.15) is 19.8 Å². The van der Waals surface area contributed by atoms with Crippen LogP contribution in [0.2, 0.25) is 0 Å². The summed E-state index contributed by atoms with van der Waals surface area (Å²) >= 11 is 1.73. The van der Waals surface area contributed by atoms with Gasteiger partial charge in [0.05, 0.1) is 4.90 Å². The van der Waals surface area contributed by atoms with Crippen molar-refractivity contribution in [1.29, 1.82) is 0 Å². The lowest BCUT2D eigenvalue weighted by atomic mass is 10.4. The van der Waals surface area contributed by atoms with E-state index in [0.29, 0.717) is 18.9 Å². The average Bonchev–Trinajstić information content (AvgIpc) is 3.18. The van der Waals surface area contributed by atoms with Crippen LogP contribution >= 0.6 is 11.8 Å². The highest BCUT2D eigenvalue weighted by Crippen LogP contribution is 2.46. The van der Waals surface area contributed by atoms with Gasteiger partial charge in [0.15, 0.2) is 0 Å². The number of aromatic nitrogens is 1. The molecule has 1 heterocycles. The molecule has 0 aliphatic heterocycles. The smallest absolute Gasteiger partial charge is 0.240 e. The van der Waals surface area contributed by atoms with Gasteiger partial charge in [-0.2, -0.15) is 11.8 Å². The lowest BCUT2D eigenvalue weighted by molar-refractivity contribution is 0.579. The van der Waals surface area contributed by atoms with E-state index in [0.717, 1.165) is 12.8 Å². The Morgan fingerprint density at radius 2 is 2.21 bits per heavy atom. The number of nitrogens with zero attached hydrogens (tertiary/aromatic N) is 1.